The summed E-state index contributed by atoms with van der Waals surface area (Å²) >= 11 is 0. The minimum absolute atomic E-state index is 0.741. The molecule has 312 valence electrons. The van der Waals surface area contributed by atoms with Crippen LogP contribution < -0.4 is 0 Å². The van der Waals surface area contributed by atoms with Crippen LogP contribution in [0.2, 0.25) is 0 Å². The van der Waals surface area contributed by atoms with Crippen LogP contribution in [-0.2, 0) is 9.47 Å². The van der Waals surface area contributed by atoms with Crippen LogP contribution in [0.1, 0.15) is 52.9 Å². The van der Waals surface area contributed by atoms with E-state index in [2.05, 4.69) is 0 Å². The van der Waals surface area contributed by atoms with E-state index in [1.165, 1.54) is 0 Å². The highest BCUT2D eigenvalue weighted by Crippen LogP contribution is 2.63. The first-order valence-electron chi connectivity index (χ1n) is 13.5. The minimum atomic E-state index is -8.27. The number of alkyl halides is 26. The van der Waals surface area contributed by atoms with Crippen LogP contribution in [0.25, 0.3) is 0 Å². The Morgan fingerprint density at radius 1 is 0.462 bits per heavy atom. The highest BCUT2D eigenvalue weighted by atomic mass is 19.4. The summed E-state index contributed by atoms with van der Waals surface area (Å²) in [5, 5.41) is 0. The maximum absolute atomic E-state index is 14.4. The van der Waals surface area contributed by atoms with Crippen molar-refractivity contribution < 1.29 is 124 Å². The highest BCUT2D eigenvalue weighted by Gasteiger charge is 2.92. The summed E-state index contributed by atoms with van der Waals surface area (Å²) in [6.07, 6.45) is -28.7. The second-order valence-electron chi connectivity index (χ2n) is 12.2. The van der Waals surface area contributed by atoms with Gasteiger partial charge in [0.05, 0.1) is 12.7 Å². The Labute approximate surface area is 273 Å². The molecule has 2 unspecified atom stereocenters. The molecule has 0 aromatic carbocycles. The molecule has 1 aliphatic heterocycles. The van der Waals surface area contributed by atoms with Crippen molar-refractivity contribution in [3.63, 3.8) is 0 Å². The normalized spacial score (nSPS) is 22.9. The van der Waals surface area contributed by atoms with E-state index in [4.69, 9.17) is 9.47 Å². The number of ether oxygens (including phenoxy) is 2. The van der Waals surface area contributed by atoms with Gasteiger partial charge in [-0.25, -0.2) is 0 Å². The Kier molecular flexibility index (Phi) is 12.1. The van der Waals surface area contributed by atoms with Gasteiger partial charge in [-0.05, 0) is 12.8 Å². The van der Waals surface area contributed by atoms with Gasteiger partial charge in [0.15, 0.2) is 5.79 Å². The van der Waals surface area contributed by atoms with E-state index in [1.54, 1.807) is 0 Å². The molecule has 0 amide bonds. The average molecular weight is 836 g/mol. The summed E-state index contributed by atoms with van der Waals surface area (Å²) in [6, 6.07) is 0. The molecule has 1 heterocycles. The quantitative estimate of drug-likeness (QED) is 0.153. The zero-order valence-electron chi connectivity index (χ0n) is 25.5. The number of rotatable bonds is 15. The van der Waals surface area contributed by atoms with Gasteiger partial charge < -0.3 is 9.47 Å². The molecular formula is C24H22F26O2. The van der Waals surface area contributed by atoms with Crippen molar-refractivity contribution >= 4 is 0 Å². The summed E-state index contributed by atoms with van der Waals surface area (Å²) in [7, 11) is 0. The lowest BCUT2D eigenvalue weighted by Crippen LogP contribution is -2.70. The molecule has 0 aromatic rings. The van der Waals surface area contributed by atoms with Crippen LogP contribution in [-0.4, -0.2) is 90.1 Å². The third kappa shape index (κ3) is 7.16. The van der Waals surface area contributed by atoms with E-state index in [0.717, 1.165) is 20.8 Å². The number of halogens is 26. The fourth-order valence-corrected chi connectivity index (χ4v) is 4.38. The molecule has 2 atom stereocenters. The van der Waals surface area contributed by atoms with E-state index in [0.29, 0.717) is 0 Å². The van der Waals surface area contributed by atoms with Gasteiger partial charge in [-0.2, -0.15) is 114 Å². The van der Waals surface area contributed by atoms with Crippen LogP contribution in [0.15, 0.2) is 0 Å². The molecule has 1 rings (SSSR count). The van der Waals surface area contributed by atoms with Crippen molar-refractivity contribution in [1.29, 1.82) is 0 Å². The Morgan fingerprint density at radius 2 is 0.769 bits per heavy atom. The van der Waals surface area contributed by atoms with Crippen LogP contribution in [0.3, 0.4) is 0 Å². The highest BCUT2D eigenvalue weighted by molar-refractivity contribution is 5.12. The van der Waals surface area contributed by atoms with Gasteiger partial charge in [-0.15, -0.1) is 0 Å². The van der Waals surface area contributed by atoms with E-state index in [1.807, 2.05) is 0 Å². The van der Waals surface area contributed by atoms with E-state index < -0.39 is 128 Å². The molecule has 0 saturated carbocycles. The van der Waals surface area contributed by atoms with Crippen molar-refractivity contribution in [2.75, 3.05) is 6.61 Å². The number of hydrogen-bond donors (Lipinski definition) is 0. The molecule has 1 aliphatic rings. The smallest absolute Gasteiger partial charge is 0.349 e. The average Bonchev–Trinajstić information content (AvgIpc) is 2.94. The maximum Gasteiger partial charge on any atom is 0.460 e. The van der Waals surface area contributed by atoms with Gasteiger partial charge in [0.2, 0.25) is 0 Å². The van der Waals surface area contributed by atoms with Crippen LogP contribution in [0.4, 0.5) is 114 Å². The Balaban J connectivity index is 3.43. The first-order chi connectivity index (χ1) is 22.3. The monoisotopic (exact) mass is 836 g/mol. The first kappa shape index (κ1) is 48.1. The summed E-state index contributed by atoms with van der Waals surface area (Å²) in [6.45, 7) is 1.29. The van der Waals surface area contributed by atoms with Gasteiger partial charge in [-0.1, -0.05) is 20.8 Å². The third-order valence-electron chi connectivity index (χ3n) is 8.01. The largest absolute Gasteiger partial charge is 0.460 e. The summed E-state index contributed by atoms with van der Waals surface area (Å²) in [4.78, 5) is 0. The fraction of sp³-hybridized carbons (Fsp3) is 1.00. The molecule has 0 radical (unpaired) electrons. The van der Waals surface area contributed by atoms with Crippen molar-refractivity contribution in [3.8, 4) is 0 Å². The second kappa shape index (κ2) is 13.1. The summed E-state index contributed by atoms with van der Waals surface area (Å²) in [5.41, 5.74) is -1.97. The standard InChI is InChI=1S/C24H22F26O2/c1-4-12(7-8-14(27,28)16(31,32)18(35,36)20(39,40)22(43,44)24(48,49)50)51-9-11(2,3)10(52-12)5-6-13(25,26)15(29,30)17(33,34)19(37,38)21(41,42)23(45,46)47/h10H,4-9H2,1-3H3. The maximum atomic E-state index is 14.4. The molecule has 1 fully saturated rings. The lowest BCUT2D eigenvalue weighted by molar-refractivity contribution is -0.441. The lowest BCUT2D eigenvalue weighted by atomic mass is 9.81. The van der Waals surface area contributed by atoms with Gasteiger partial charge in [0.1, 0.15) is 0 Å². The molecule has 0 N–H and O–H groups in total. The predicted octanol–water partition coefficient (Wildman–Crippen LogP) is 11.6. The fourth-order valence-electron chi connectivity index (χ4n) is 4.38. The molecule has 28 heteroatoms. The molecule has 0 aliphatic carbocycles. The Morgan fingerprint density at radius 3 is 1.08 bits per heavy atom. The molecular weight excluding hydrogens is 814 g/mol. The molecule has 0 aromatic heterocycles. The van der Waals surface area contributed by atoms with E-state index in [9.17, 15) is 114 Å². The molecule has 1 saturated heterocycles. The van der Waals surface area contributed by atoms with Gasteiger partial charge in [0.25, 0.3) is 0 Å². The predicted molar refractivity (Wildman–Crippen MR) is 118 cm³/mol. The molecule has 0 bridgehead atoms. The topological polar surface area (TPSA) is 18.5 Å². The van der Waals surface area contributed by atoms with Crippen molar-refractivity contribution in [2.45, 2.75) is 136 Å². The third-order valence-corrected chi connectivity index (χ3v) is 8.01. The van der Waals surface area contributed by atoms with Crippen molar-refractivity contribution in [1.82, 2.24) is 0 Å². The molecule has 2 nitrogen and oxygen atoms in total. The van der Waals surface area contributed by atoms with Crippen LogP contribution in [0, 0.1) is 5.41 Å². The van der Waals surface area contributed by atoms with Crippen molar-refractivity contribution in [3.05, 3.63) is 0 Å². The van der Waals surface area contributed by atoms with Crippen LogP contribution in [0.5, 0.6) is 0 Å². The van der Waals surface area contributed by atoms with E-state index >= 15 is 0 Å². The van der Waals surface area contributed by atoms with E-state index in [-0.39, 0.29) is 0 Å². The lowest BCUT2D eigenvalue weighted by Gasteiger charge is -2.49. The molecule has 52 heavy (non-hydrogen) atoms. The van der Waals surface area contributed by atoms with Crippen LogP contribution >= 0.6 is 0 Å². The molecule has 0 spiro atoms. The Bertz CT molecular complexity index is 1250. The summed E-state index contributed by atoms with van der Waals surface area (Å²) in [5.74, 6) is -81.0. The van der Waals surface area contributed by atoms with Crippen molar-refractivity contribution in [2.24, 2.45) is 5.41 Å². The summed E-state index contributed by atoms with van der Waals surface area (Å²) < 4.78 is 359. The van der Waals surface area contributed by atoms with Gasteiger partial charge >= 0.3 is 71.6 Å². The van der Waals surface area contributed by atoms with Gasteiger partial charge in [0, 0.05) is 24.7 Å². The SMILES string of the molecule is CCC1(CCC(F)(F)C(F)(F)C(F)(F)C(F)(F)C(F)(F)C(F)(F)F)OCC(C)(C)C(CCC(F)(F)C(F)(F)C(F)(F)C(F)(F)C(F)(F)C(F)(F)F)O1. The minimum Gasteiger partial charge on any atom is -0.349 e. The van der Waals surface area contributed by atoms with Gasteiger partial charge in [-0.3, -0.25) is 0 Å². The first-order valence-corrected chi connectivity index (χ1v) is 13.5. The number of hydrogen-bond acceptors (Lipinski definition) is 2. The zero-order chi connectivity index (χ0) is 42.2. The second-order valence-corrected chi connectivity index (χ2v) is 12.2. The zero-order valence-corrected chi connectivity index (χ0v) is 25.5. The Hall–Kier alpha value is -1.90.